The number of aromatic nitrogens is 1. The lowest BCUT2D eigenvalue weighted by molar-refractivity contribution is 0.0696. The van der Waals surface area contributed by atoms with Crippen LogP contribution in [0.3, 0.4) is 0 Å². The Kier molecular flexibility index (Phi) is 5.01. The largest absolute Gasteiger partial charge is 0.381 e. The fourth-order valence-electron chi connectivity index (χ4n) is 3.70. The molecule has 1 amide bonds. The summed E-state index contributed by atoms with van der Waals surface area (Å²) in [6.45, 7) is 5.66. The van der Waals surface area contributed by atoms with Crippen molar-refractivity contribution in [2.75, 3.05) is 26.3 Å². The van der Waals surface area contributed by atoms with Gasteiger partial charge in [-0.3, -0.25) is 4.79 Å². The van der Waals surface area contributed by atoms with E-state index >= 15 is 0 Å². The molecule has 0 spiro atoms. The SMILES string of the molecule is Cc1cc(C(=O)NC2CCOCC2)cc2sc(C3CCNCC3)nc12. The zero-order chi connectivity index (χ0) is 17.2. The van der Waals surface area contributed by atoms with E-state index in [2.05, 4.69) is 17.6 Å². The van der Waals surface area contributed by atoms with E-state index in [0.29, 0.717) is 5.92 Å². The van der Waals surface area contributed by atoms with Crippen molar-refractivity contribution >= 4 is 27.5 Å². The van der Waals surface area contributed by atoms with E-state index in [4.69, 9.17) is 9.72 Å². The average Bonchev–Trinajstić information content (AvgIpc) is 3.08. The number of hydrogen-bond acceptors (Lipinski definition) is 5. The lowest BCUT2D eigenvalue weighted by Gasteiger charge is -2.23. The maximum absolute atomic E-state index is 12.6. The van der Waals surface area contributed by atoms with Gasteiger partial charge in [0.05, 0.1) is 15.2 Å². The summed E-state index contributed by atoms with van der Waals surface area (Å²) in [7, 11) is 0. The number of carbonyl (C=O) groups excluding carboxylic acids is 1. The Labute approximate surface area is 152 Å². The minimum absolute atomic E-state index is 0.0220. The summed E-state index contributed by atoms with van der Waals surface area (Å²) in [4.78, 5) is 17.5. The molecule has 2 aromatic rings. The number of benzene rings is 1. The smallest absolute Gasteiger partial charge is 0.251 e. The quantitative estimate of drug-likeness (QED) is 0.884. The number of piperidine rings is 1. The van der Waals surface area contributed by atoms with Gasteiger partial charge in [0.1, 0.15) is 0 Å². The third-order valence-electron chi connectivity index (χ3n) is 5.21. The number of hydrogen-bond donors (Lipinski definition) is 2. The molecule has 2 fully saturated rings. The molecular formula is C19H25N3O2S. The molecule has 0 unspecified atom stereocenters. The van der Waals surface area contributed by atoms with Crippen molar-refractivity contribution in [3.8, 4) is 0 Å². The lowest BCUT2D eigenvalue weighted by Crippen LogP contribution is -2.38. The van der Waals surface area contributed by atoms with Crippen LogP contribution in [0.1, 0.15) is 52.5 Å². The Morgan fingerprint density at radius 3 is 2.76 bits per heavy atom. The van der Waals surface area contributed by atoms with E-state index in [1.54, 1.807) is 11.3 Å². The summed E-state index contributed by atoms with van der Waals surface area (Å²) in [5, 5.41) is 7.79. The Hall–Kier alpha value is -1.50. The van der Waals surface area contributed by atoms with E-state index in [-0.39, 0.29) is 11.9 Å². The standard InChI is InChI=1S/C19H25N3O2S/c1-12-10-14(18(23)21-15-4-8-24-9-5-15)11-16-17(12)22-19(25-16)13-2-6-20-7-3-13/h10-11,13,15,20H,2-9H2,1H3,(H,21,23). The molecule has 5 nitrogen and oxygen atoms in total. The lowest BCUT2D eigenvalue weighted by atomic mass is 9.99. The third-order valence-corrected chi connectivity index (χ3v) is 6.37. The molecule has 1 aromatic carbocycles. The van der Waals surface area contributed by atoms with Crippen LogP contribution in [0, 0.1) is 6.92 Å². The number of fused-ring (bicyclic) bond motifs is 1. The number of amides is 1. The molecule has 3 heterocycles. The van der Waals surface area contributed by atoms with E-state index in [0.717, 1.165) is 73.3 Å². The first-order valence-corrected chi connectivity index (χ1v) is 10.0. The van der Waals surface area contributed by atoms with Gasteiger partial charge in [-0.15, -0.1) is 11.3 Å². The second-order valence-electron chi connectivity index (χ2n) is 7.08. The van der Waals surface area contributed by atoms with Crippen molar-refractivity contribution in [1.29, 1.82) is 0 Å². The number of rotatable bonds is 3. The van der Waals surface area contributed by atoms with Gasteiger partial charge in [-0.1, -0.05) is 0 Å². The number of carbonyl (C=O) groups is 1. The van der Waals surface area contributed by atoms with Crippen LogP contribution in [0.4, 0.5) is 0 Å². The van der Waals surface area contributed by atoms with Crippen molar-refractivity contribution in [2.24, 2.45) is 0 Å². The highest BCUT2D eigenvalue weighted by Crippen LogP contribution is 2.34. The van der Waals surface area contributed by atoms with Crippen molar-refractivity contribution in [3.63, 3.8) is 0 Å². The van der Waals surface area contributed by atoms with Gasteiger partial charge in [-0.05, 0) is 63.4 Å². The first-order chi connectivity index (χ1) is 12.2. The predicted molar refractivity (Wildman–Crippen MR) is 101 cm³/mol. The topological polar surface area (TPSA) is 63.2 Å². The summed E-state index contributed by atoms with van der Waals surface area (Å²) in [5.41, 5.74) is 2.89. The van der Waals surface area contributed by atoms with Gasteiger partial charge in [0.25, 0.3) is 5.91 Å². The monoisotopic (exact) mass is 359 g/mol. The Morgan fingerprint density at radius 2 is 2.00 bits per heavy atom. The molecule has 2 aliphatic heterocycles. The average molecular weight is 359 g/mol. The second kappa shape index (κ2) is 7.40. The minimum Gasteiger partial charge on any atom is -0.381 e. The van der Waals surface area contributed by atoms with Crippen LogP contribution < -0.4 is 10.6 Å². The Morgan fingerprint density at radius 1 is 1.24 bits per heavy atom. The van der Waals surface area contributed by atoms with Gasteiger partial charge in [0.2, 0.25) is 0 Å². The van der Waals surface area contributed by atoms with Gasteiger partial charge in [-0.2, -0.15) is 0 Å². The summed E-state index contributed by atoms with van der Waals surface area (Å²) in [6.07, 6.45) is 4.09. The van der Waals surface area contributed by atoms with Crippen LogP contribution in [0.15, 0.2) is 12.1 Å². The number of nitrogens with zero attached hydrogens (tertiary/aromatic N) is 1. The molecule has 2 aliphatic rings. The van der Waals surface area contributed by atoms with Crippen LogP contribution in [0.2, 0.25) is 0 Å². The highest BCUT2D eigenvalue weighted by atomic mass is 32.1. The van der Waals surface area contributed by atoms with Crippen molar-refractivity contribution in [1.82, 2.24) is 15.6 Å². The Bertz CT molecular complexity index is 761. The summed E-state index contributed by atoms with van der Waals surface area (Å²) < 4.78 is 6.49. The first-order valence-electron chi connectivity index (χ1n) is 9.21. The molecule has 0 atom stereocenters. The van der Waals surface area contributed by atoms with Gasteiger partial charge in [0.15, 0.2) is 0 Å². The van der Waals surface area contributed by atoms with Crippen LogP contribution in [-0.2, 0) is 4.74 Å². The molecule has 0 radical (unpaired) electrons. The van der Waals surface area contributed by atoms with E-state index in [9.17, 15) is 4.79 Å². The maximum atomic E-state index is 12.6. The number of aryl methyl sites for hydroxylation is 1. The van der Waals surface area contributed by atoms with E-state index < -0.39 is 0 Å². The van der Waals surface area contributed by atoms with Crippen LogP contribution >= 0.6 is 11.3 Å². The van der Waals surface area contributed by atoms with Crippen LogP contribution in [0.25, 0.3) is 10.2 Å². The predicted octanol–water partition coefficient (Wildman–Crippen LogP) is 2.98. The normalized spacial score (nSPS) is 20.0. The molecule has 2 saturated heterocycles. The fraction of sp³-hybridized carbons (Fsp3) is 0.579. The Balaban J connectivity index is 1.56. The van der Waals surface area contributed by atoms with Crippen molar-refractivity contribution in [2.45, 2.75) is 44.6 Å². The number of ether oxygens (including phenoxy) is 1. The molecular weight excluding hydrogens is 334 g/mol. The zero-order valence-electron chi connectivity index (χ0n) is 14.6. The summed E-state index contributed by atoms with van der Waals surface area (Å²) in [5.74, 6) is 0.575. The summed E-state index contributed by atoms with van der Waals surface area (Å²) >= 11 is 1.76. The molecule has 4 rings (SSSR count). The molecule has 6 heteroatoms. The van der Waals surface area contributed by atoms with Gasteiger partial charge in [-0.25, -0.2) is 4.98 Å². The fourth-order valence-corrected chi connectivity index (χ4v) is 4.95. The van der Waals surface area contributed by atoms with Crippen LogP contribution in [0.5, 0.6) is 0 Å². The first kappa shape index (κ1) is 16.9. The minimum atomic E-state index is 0.0220. The molecule has 25 heavy (non-hydrogen) atoms. The number of thiazole rings is 1. The molecule has 1 aromatic heterocycles. The molecule has 0 saturated carbocycles. The summed E-state index contributed by atoms with van der Waals surface area (Å²) in [6, 6.07) is 4.21. The van der Waals surface area contributed by atoms with Crippen LogP contribution in [-0.4, -0.2) is 43.2 Å². The zero-order valence-corrected chi connectivity index (χ0v) is 15.5. The molecule has 0 aliphatic carbocycles. The molecule has 2 N–H and O–H groups in total. The highest BCUT2D eigenvalue weighted by Gasteiger charge is 2.21. The van der Waals surface area contributed by atoms with Gasteiger partial charge in [0, 0.05) is 30.7 Å². The number of nitrogens with one attached hydrogen (secondary N) is 2. The van der Waals surface area contributed by atoms with Crippen molar-refractivity contribution in [3.05, 3.63) is 28.3 Å². The third kappa shape index (κ3) is 3.71. The van der Waals surface area contributed by atoms with Gasteiger partial charge < -0.3 is 15.4 Å². The second-order valence-corrected chi connectivity index (χ2v) is 8.14. The van der Waals surface area contributed by atoms with E-state index in [1.807, 2.05) is 12.1 Å². The highest BCUT2D eigenvalue weighted by molar-refractivity contribution is 7.18. The van der Waals surface area contributed by atoms with Gasteiger partial charge >= 0.3 is 0 Å². The van der Waals surface area contributed by atoms with E-state index in [1.165, 1.54) is 5.01 Å². The molecule has 134 valence electrons. The molecule has 0 bridgehead atoms. The van der Waals surface area contributed by atoms with Crippen molar-refractivity contribution < 1.29 is 9.53 Å². The maximum Gasteiger partial charge on any atom is 0.251 e.